The fourth-order valence-corrected chi connectivity index (χ4v) is 3.22. The second-order valence-corrected chi connectivity index (χ2v) is 8.93. The molecule has 0 bridgehead atoms. The zero-order valence-electron chi connectivity index (χ0n) is 8.67. The van der Waals surface area contributed by atoms with Gasteiger partial charge in [-0.1, -0.05) is 30.3 Å². The molecule has 1 aromatic carbocycles. The minimum atomic E-state index is -2.18. The lowest BCUT2D eigenvalue weighted by atomic mass is 10.2. The number of benzene rings is 1. The van der Waals surface area contributed by atoms with Crippen LogP contribution in [-0.4, -0.2) is 14.2 Å². The summed E-state index contributed by atoms with van der Waals surface area (Å²) in [4.78, 5) is 0. The zero-order valence-corrected chi connectivity index (χ0v) is 11.2. The van der Waals surface area contributed by atoms with Crippen LogP contribution >= 0.6 is 17.3 Å². The monoisotopic (exact) mass is 263 g/mol. The molecule has 0 aromatic heterocycles. The molecule has 3 nitrogen and oxygen atoms in total. The molecule has 6 heteroatoms. The molecule has 0 aliphatic rings. The molecule has 15 heavy (non-hydrogen) atoms. The predicted molar refractivity (Wildman–Crippen MR) is 69.2 cm³/mol. The van der Waals surface area contributed by atoms with Gasteiger partial charge in [-0.3, -0.25) is 4.72 Å². The van der Waals surface area contributed by atoms with Gasteiger partial charge in [-0.25, -0.2) is 0 Å². The number of hydrogen-bond acceptors (Lipinski definition) is 5. The topological polar surface area (TPSA) is 30.5 Å². The molecule has 0 aliphatic carbocycles. The number of hydrogen-bond donors (Lipinski definition) is 1. The molecule has 0 saturated carbocycles. The van der Waals surface area contributed by atoms with E-state index in [-0.39, 0.29) is 0 Å². The lowest BCUT2D eigenvalue weighted by Gasteiger charge is -2.16. The van der Waals surface area contributed by atoms with Gasteiger partial charge in [0.05, 0.1) is 0 Å². The van der Waals surface area contributed by atoms with Gasteiger partial charge in [0.1, 0.15) is 0 Å². The lowest BCUT2D eigenvalue weighted by molar-refractivity contribution is 0.353. The molecule has 0 radical (unpaired) electrons. The van der Waals surface area contributed by atoms with E-state index in [4.69, 9.17) is 20.9 Å². The summed E-state index contributed by atoms with van der Waals surface area (Å²) in [6, 6.07) is 10.1. The summed E-state index contributed by atoms with van der Waals surface area (Å²) in [5, 5.41) is 0. The van der Waals surface area contributed by atoms with Gasteiger partial charge >= 0.3 is 0 Å². The Morgan fingerprint density at radius 3 is 2.40 bits per heavy atom. The minimum absolute atomic E-state index is 0.747. The second-order valence-electron chi connectivity index (χ2n) is 2.71. The van der Waals surface area contributed by atoms with Crippen LogP contribution in [0.2, 0.25) is 0 Å². The lowest BCUT2D eigenvalue weighted by Crippen LogP contribution is -2.03. The third-order valence-electron chi connectivity index (χ3n) is 1.74. The molecule has 0 saturated heterocycles. The third kappa shape index (κ3) is 4.64. The van der Waals surface area contributed by atoms with E-state index < -0.39 is 5.69 Å². The molecular formula is C9H14NO2PS2. The average molecular weight is 263 g/mol. The van der Waals surface area contributed by atoms with Crippen molar-refractivity contribution in [2.24, 2.45) is 0 Å². The van der Waals surface area contributed by atoms with Gasteiger partial charge in [0.15, 0.2) is 0 Å². The largest absolute Gasteiger partial charge is 0.324 e. The van der Waals surface area contributed by atoms with Gasteiger partial charge in [-0.2, -0.15) is 0 Å². The molecular weight excluding hydrogens is 249 g/mol. The molecule has 1 N–H and O–H groups in total. The molecule has 0 amide bonds. The van der Waals surface area contributed by atoms with Gasteiger partial charge in [0, 0.05) is 32.3 Å². The van der Waals surface area contributed by atoms with Crippen LogP contribution in [0.1, 0.15) is 5.56 Å². The summed E-state index contributed by atoms with van der Waals surface area (Å²) in [6.07, 6.45) is 0. The molecule has 0 aliphatic heterocycles. The van der Waals surface area contributed by atoms with Crippen molar-refractivity contribution in [3.8, 4) is 0 Å². The first kappa shape index (κ1) is 13.2. The standard InChI is InChI=1S/C9H14NO2PS2/c1-11-13(14,12-2)15-10-8-9-6-4-3-5-7-9/h3-7,10H,8H2,1-2H3. The smallest absolute Gasteiger partial charge is 0.261 e. The summed E-state index contributed by atoms with van der Waals surface area (Å²) in [6.45, 7) is 0.747. The average Bonchev–Trinajstić information content (AvgIpc) is 2.30. The Morgan fingerprint density at radius 1 is 1.27 bits per heavy atom. The Hall–Kier alpha value is 0.1000. The predicted octanol–water partition coefficient (Wildman–Crippen LogP) is 2.94. The van der Waals surface area contributed by atoms with E-state index in [0.29, 0.717) is 0 Å². The van der Waals surface area contributed by atoms with Crippen molar-refractivity contribution in [2.75, 3.05) is 14.2 Å². The molecule has 0 fully saturated rings. The molecule has 1 aromatic rings. The Kier molecular flexibility index (Phi) is 5.82. The zero-order chi connectivity index (χ0) is 11.1. The highest BCUT2D eigenvalue weighted by Crippen LogP contribution is 2.57. The van der Waals surface area contributed by atoms with E-state index >= 15 is 0 Å². The Labute approximate surface area is 99.6 Å². The molecule has 0 atom stereocenters. The Bertz CT molecular complexity index is 326. The van der Waals surface area contributed by atoms with Crippen LogP contribution in [0.25, 0.3) is 0 Å². The van der Waals surface area contributed by atoms with Crippen molar-refractivity contribution in [1.29, 1.82) is 0 Å². The molecule has 0 heterocycles. The van der Waals surface area contributed by atoms with Crippen molar-refractivity contribution in [1.82, 2.24) is 4.72 Å². The van der Waals surface area contributed by atoms with E-state index in [9.17, 15) is 0 Å². The van der Waals surface area contributed by atoms with E-state index in [1.807, 2.05) is 18.2 Å². The first-order valence-electron chi connectivity index (χ1n) is 4.37. The van der Waals surface area contributed by atoms with Crippen LogP contribution in [-0.2, 0) is 27.4 Å². The Balaban J connectivity index is 2.36. The Morgan fingerprint density at radius 2 is 1.87 bits per heavy atom. The third-order valence-corrected chi connectivity index (χ3v) is 6.65. The number of rotatable bonds is 6. The maximum atomic E-state index is 5.19. The van der Waals surface area contributed by atoms with Gasteiger partial charge in [0.25, 0.3) is 5.69 Å². The minimum Gasteiger partial charge on any atom is -0.324 e. The summed E-state index contributed by atoms with van der Waals surface area (Å²) in [5.74, 6) is 0. The first-order chi connectivity index (χ1) is 7.20. The fourth-order valence-electron chi connectivity index (χ4n) is 0.940. The summed E-state index contributed by atoms with van der Waals surface area (Å²) < 4.78 is 13.4. The van der Waals surface area contributed by atoms with Crippen LogP contribution in [0.4, 0.5) is 0 Å². The summed E-state index contributed by atoms with van der Waals surface area (Å²) in [7, 11) is 3.14. The fraction of sp³-hybridized carbons (Fsp3) is 0.333. The quantitative estimate of drug-likeness (QED) is 0.630. The van der Waals surface area contributed by atoms with Crippen LogP contribution in [0.3, 0.4) is 0 Å². The maximum Gasteiger partial charge on any atom is 0.261 e. The highest BCUT2D eigenvalue weighted by atomic mass is 32.9. The second kappa shape index (κ2) is 6.63. The number of nitrogens with one attached hydrogen (secondary N) is 1. The highest BCUT2D eigenvalue weighted by molar-refractivity contribution is 8.67. The highest BCUT2D eigenvalue weighted by Gasteiger charge is 2.15. The van der Waals surface area contributed by atoms with E-state index in [1.54, 1.807) is 14.2 Å². The molecule has 1 rings (SSSR count). The van der Waals surface area contributed by atoms with Gasteiger partial charge in [-0.05, 0) is 17.4 Å². The van der Waals surface area contributed by atoms with Crippen LogP contribution in [0.15, 0.2) is 30.3 Å². The maximum absolute atomic E-state index is 5.19. The van der Waals surface area contributed by atoms with Crippen molar-refractivity contribution < 1.29 is 9.05 Å². The first-order valence-corrected chi connectivity index (χ1v) is 8.43. The molecule has 0 spiro atoms. The normalized spacial score (nSPS) is 11.6. The van der Waals surface area contributed by atoms with Crippen LogP contribution in [0.5, 0.6) is 0 Å². The van der Waals surface area contributed by atoms with Crippen LogP contribution < -0.4 is 4.72 Å². The van der Waals surface area contributed by atoms with Crippen LogP contribution in [0, 0.1) is 0 Å². The van der Waals surface area contributed by atoms with E-state index in [0.717, 1.165) is 6.54 Å². The van der Waals surface area contributed by atoms with Gasteiger partial charge in [-0.15, -0.1) is 0 Å². The van der Waals surface area contributed by atoms with E-state index in [2.05, 4.69) is 16.9 Å². The molecule has 84 valence electrons. The van der Waals surface area contributed by atoms with Crippen molar-refractivity contribution in [3.05, 3.63) is 35.9 Å². The summed E-state index contributed by atoms with van der Waals surface area (Å²) in [5.41, 5.74) is -0.972. The molecule has 0 unspecified atom stereocenters. The van der Waals surface area contributed by atoms with Crippen molar-refractivity contribution in [2.45, 2.75) is 6.54 Å². The summed E-state index contributed by atoms with van der Waals surface area (Å²) >= 11 is 6.54. The van der Waals surface area contributed by atoms with E-state index in [1.165, 1.54) is 17.1 Å². The van der Waals surface area contributed by atoms with Crippen molar-refractivity contribution >= 4 is 29.1 Å². The van der Waals surface area contributed by atoms with Crippen molar-refractivity contribution in [3.63, 3.8) is 0 Å². The SMILES string of the molecule is COP(=S)(OC)SNCc1ccccc1. The van der Waals surface area contributed by atoms with Gasteiger partial charge < -0.3 is 9.05 Å². The van der Waals surface area contributed by atoms with Gasteiger partial charge in [0.2, 0.25) is 0 Å².